The third-order valence-electron chi connectivity index (χ3n) is 4.28. The first kappa shape index (κ1) is 18.0. The molecule has 0 aromatic heterocycles. The maximum atomic E-state index is 11.9. The summed E-state index contributed by atoms with van der Waals surface area (Å²) in [5.74, 6) is 0. The minimum absolute atomic E-state index is 0.0647. The van der Waals surface area contributed by atoms with E-state index in [9.17, 15) is 4.79 Å². The molecule has 23 heavy (non-hydrogen) atoms. The highest BCUT2D eigenvalue weighted by atomic mass is 35.5. The maximum absolute atomic E-state index is 11.9. The van der Waals surface area contributed by atoms with E-state index in [-0.39, 0.29) is 12.1 Å². The second-order valence-electron chi connectivity index (χ2n) is 6.09. The van der Waals surface area contributed by atoms with Crippen molar-refractivity contribution in [3.63, 3.8) is 0 Å². The number of nitrogens with one attached hydrogen (secondary N) is 1. The Morgan fingerprint density at radius 3 is 2.61 bits per heavy atom. The van der Waals surface area contributed by atoms with Crippen LogP contribution in [-0.2, 0) is 4.74 Å². The highest BCUT2D eigenvalue weighted by Gasteiger charge is 2.24. The molecule has 2 amide bonds. The summed E-state index contributed by atoms with van der Waals surface area (Å²) in [7, 11) is 5.28. The van der Waals surface area contributed by atoms with E-state index in [1.165, 1.54) is 0 Å². The average Bonchev–Trinajstić information content (AvgIpc) is 2.56. The molecule has 128 valence electrons. The molecule has 1 fully saturated rings. The number of piperidine rings is 1. The number of amides is 2. The van der Waals surface area contributed by atoms with Gasteiger partial charge >= 0.3 is 6.03 Å². The molecule has 1 aromatic carbocycles. The van der Waals surface area contributed by atoms with Gasteiger partial charge in [-0.25, -0.2) is 4.79 Å². The van der Waals surface area contributed by atoms with Crippen molar-refractivity contribution >= 4 is 17.6 Å². The molecule has 0 aliphatic carbocycles. The van der Waals surface area contributed by atoms with Gasteiger partial charge in [0.1, 0.15) is 0 Å². The lowest BCUT2D eigenvalue weighted by molar-refractivity contribution is 0.0946. The van der Waals surface area contributed by atoms with E-state index in [1.807, 2.05) is 29.2 Å². The third kappa shape index (κ3) is 4.83. The van der Waals surface area contributed by atoms with Gasteiger partial charge in [0, 0.05) is 57.5 Å². The van der Waals surface area contributed by atoms with E-state index in [2.05, 4.69) is 5.32 Å². The van der Waals surface area contributed by atoms with Crippen molar-refractivity contribution in [2.24, 2.45) is 0 Å². The molecule has 0 saturated carbocycles. The van der Waals surface area contributed by atoms with E-state index in [1.54, 1.807) is 26.1 Å². The molecule has 1 saturated heterocycles. The van der Waals surface area contributed by atoms with Gasteiger partial charge in [-0.15, -0.1) is 0 Å². The van der Waals surface area contributed by atoms with Crippen molar-refractivity contribution in [2.45, 2.75) is 25.0 Å². The van der Waals surface area contributed by atoms with Crippen molar-refractivity contribution in [1.82, 2.24) is 15.1 Å². The molecular weight excluding hydrogens is 314 g/mol. The molecule has 0 bridgehead atoms. The predicted octanol–water partition coefficient (Wildman–Crippen LogP) is 2.76. The Hall–Kier alpha value is -1.30. The first-order chi connectivity index (χ1) is 11.0. The molecule has 1 heterocycles. The summed E-state index contributed by atoms with van der Waals surface area (Å²) in [4.78, 5) is 15.5. The number of methoxy groups -OCH3 is 1. The summed E-state index contributed by atoms with van der Waals surface area (Å²) >= 11 is 6.25. The van der Waals surface area contributed by atoms with E-state index in [4.69, 9.17) is 16.3 Å². The summed E-state index contributed by atoms with van der Waals surface area (Å²) < 4.78 is 5.58. The number of ether oxygens (including phenoxy) is 1. The Morgan fingerprint density at radius 2 is 2.04 bits per heavy atom. The Balaban J connectivity index is 1.82. The number of nitrogens with zero attached hydrogens (tertiary/aromatic N) is 2. The number of benzene rings is 1. The highest BCUT2D eigenvalue weighted by Crippen LogP contribution is 2.25. The fraction of sp³-hybridized carbons (Fsp3) is 0.588. The van der Waals surface area contributed by atoms with Crippen molar-refractivity contribution < 1.29 is 9.53 Å². The summed E-state index contributed by atoms with van der Waals surface area (Å²) in [5, 5.41) is 4.28. The molecule has 5 nitrogen and oxygen atoms in total. The Bertz CT molecular complexity index is 516. The molecule has 1 aliphatic rings. The van der Waals surface area contributed by atoms with Crippen LogP contribution in [-0.4, -0.2) is 62.7 Å². The van der Waals surface area contributed by atoms with Crippen LogP contribution in [0.25, 0.3) is 0 Å². The van der Waals surface area contributed by atoms with Crippen molar-refractivity contribution in [3.05, 3.63) is 34.9 Å². The van der Waals surface area contributed by atoms with Gasteiger partial charge in [0.25, 0.3) is 0 Å². The highest BCUT2D eigenvalue weighted by molar-refractivity contribution is 6.31. The first-order valence-corrected chi connectivity index (χ1v) is 8.37. The second kappa shape index (κ2) is 8.52. The number of carbonyl (C=O) groups excluding carboxylic acids is 1. The van der Waals surface area contributed by atoms with Crippen LogP contribution in [0.1, 0.15) is 24.5 Å². The van der Waals surface area contributed by atoms with Gasteiger partial charge in [-0.3, -0.25) is 0 Å². The van der Waals surface area contributed by atoms with Gasteiger partial charge in [0.15, 0.2) is 0 Å². The molecule has 0 spiro atoms. The van der Waals surface area contributed by atoms with Crippen molar-refractivity contribution in [1.29, 1.82) is 0 Å². The van der Waals surface area contributed by atoms with Crippen molar-refractivity contribution in [2.75, 3.05) is 40.8 Å². The van der Waals surface area contributed by atoms with Crippen LogP contribution in [0.2, 0.25) is 5.02 Å². The number of halogens is 1. The van der Waals surface area contributed by atoms with Crippen LogP contribution < -0.4 is 5.32 Å². The standard InChI is InChI=1S/C17H26ClN3O2/c1-20(2)17(22)21-10-8-13(9-11-21)19-12-16(23-3)14-6-4-5-7-15(14)18/h4-7,13,16,19H,8-12H2,1-3H3. The molecule has 1 atom stereocenters. The molecule has 1 unspecified atom stereocenters. The Kier molecular flexibility index (Phi) is 6.69. The number of hydrogen-bond donors (Lipinski definition) is 1. The lowest BCUT2D eigenvalue weighted by atomic mass is 10.0. The van der Waals surface area contributed by atoms with Crippen LogP contribution in [0, 0.1) is 0 Å². The first-order valence-electron chi connectivity index (χ1n) is 7.99. The summed E-state index contributed by atoms with van der Waals surface area (Å²) in [5.41, 5.74) is 1.00. The van der Waals surface area contributed by atoms with Gasteiger partial charge in [0.05, 0.1) is 6.10 Å². The SMILES string of the molecule is COC(CNC1CCN(C(=O)N(C)C)CC1)c1ccccc1Cl. The number of urea groups is 1. The lowest BCUT2D eigenvalue weighted by Gasteiger charge is -2.34. The van der Waals surface area contributed by atoms with E-state index in [0.717, 1.165) is 36.5 Å². The van der Waals surface area contributed by atoms with Gasteiger partial charge < -0.3 is 19.9 Å². The van der Waals surface area contributed by atoms with Crippen molar-refractivity contribution in [3.8, 4) is 0 Å². The van der Waals surface area contributed by atoms with Crippen LogP contribution in [0.5, 0.6) is 0 Å². The molecule has 1 aromatic rings. The fourth-order valence-electron chi connectivity index (χ4n) is 2.89. The van der Waals surface area contributed by atoms with E-state index >= 15 is 0 Å². The molecule has 1 N–H and O–H groups in total. The summed E-state index contributed by atoms with van der Waals surface area (Å²) in [6.07, 6.45) is 1.85. The molecule has 2 rings (SSSR count). The maximum Gasteiger partial charge on any atom is 0.319 e. The fourth-order valence-corrected chi connectivity index (χ4v) is 3.15. The minimum Gasteiger partial charge on any atom is -0.375 e. The number of likely N-dealkylation sites (tertiary alicyclic amines) is 1. The minimum atomic E-state index is -0.0647. The monoisotopic (exact) mass is 339 g/mol. The molecule has 1 aliphatic heterocycles. The van der Waals surface area contributed by atoms with E-state index < -0.39 is 0 Å². The average molecular weight is 340 g/mol. The molecule has 0 radical (unpaired) electrons. The van der Waals surface area contributed by atoms with Crippen LogP contribution in [0.3, 0.4) is 0 Å². The van der Waals surface area contributed by atoms with Crippen LogP contribution in [0.15, 0.2) is 24.3 Å². The summed E-state index contributed by atoms with van der Waals surface area (Å²) in [6, 6.07) is 8.27. The van der Waals surface area contributed by atoms with Gasteiger partial charge in [-0.2, -0.15) is 0 Å². The van der Waals surface area contributed by atoms with Gasteiger partial charge in [0.2, 0.25) is 0 Å². The normalized spacial score (nSPS) is 17.1. The number of hydrogen-bond acceptors (Lipinski definition) is 3. The van der Waals surface area contributed by atoms with Gasteiger partial charge in [-0.1, -0.05) is 29.8 Å². The second-order valence-corrected chi connectivity index (χ2v) is 6.50. The number of rotatable bonds is 5. The molecule has 6 heteroatoms. The zero-order valence-corrected chi connectivity index (χ0v) is 14.8. The zero-order valence-electron chi connectivity index (χ0n) is 14.1. The Morgan fingerprint density at radius 1 is 1.39 bits per heavy atom. The lowest BCUT2D eigenvalue weighted by Crippen LogP contribution is -2.48. The quantitative estimate of drug-likeness (QED) is 0.897. The number of carbonyl (C=O) groups is 1. The molecular formula is C17H26ClN3O2. The smallest absolute Gasteiger partial charge is 0.319 e. The van der Waals surface area contributed by atoms with E-state index in [0.29, 0.717) is 12.6 Å². The largest absolute Gasteiger partial charge is 0.375 e. The van der Waals surface area contributed by atoms with Gasteiger partial charge in [-0.05, 0) is 18.9 Å². The summed E-state index contributed by atoms with van der Waals surface area (Å²) in [6.45, 7) is 2.30. The predicted molar refractivity (Wildman–Crippen MR) is 92.9 cm³/mol. The Labute approximate surface area is 143 Å². The van der Waals surface area contributed by atoms with Crippen LogP contribution >= 0.6 is 11.6 Å². The van der Waals surface area contributed by atoms with Crippen LogP contribution in [0.4, 0.5) is 4.79 Å². The topological polar surface area (TPSA) is 44.8 Å². The third-order valence-corrected chi connectivity index (χ3v) is 4.62. The zero-order chi connectivity index (χ0) is 16.8.